The van der Waals surface area contributed by atoms with E-state index in [1.807, 2.05) is 0 Å². The molecule has 0 spiro atoms. The Kier molecular flexibility index (Phi) is 7.51. The molecule has 0 aromatic heterocycles. The molecule has 0 aliphatic carbocycles. The van der Waals surface area contributed by atoms with Gasteiger partial charge in [0.2, 0.25) is 0 Å². The first-order valence-electron chi connectivity index (χ1n) is 9.43. The molecular weight excluding hydrogens is 314 g/mol. The Morgan fingerprint density at radius 3 is 2.72 bits per heavy atom. The smallest absolute Gasteiger partial charge is 0.309 e. The SMILES string of the molecule is CCCCCOc1ccc(/C(C)=C/CN2CC(C(=O)O)C2)c(CC)c1. The third kappa shape index (κ3) is 5.60. The highest BCUT2D eigenvalue weighted by atomic mass is 16.5. The number of benzene rings is 1. The van der Waals surface area contributed by atoms with E-state index < -0.39 is 5.97 Å². The fourth-order valence-electron chi connectivity index (χ4n) is 3.13. The van der Waals surface area contributed by atoms with Gasteiger partial charge in [-0.2, -0.15) is 0 Å². The minimum atomic E-state index is -0.681. The fraction of sp³-hybridized carbons (Fsp3) is 0.571. The quantitative estimate of drug-likeness (QED) is 0.645. The Balaban J connectivity index is 1.93. The number of aryl methyl sites for hydroxylation is 1. The number of rotatable bonds is 10. The monoisotopic (exact) mass is 345 g/mol. The number of hydrogen-bond donors (Lipinski definition) is 1. The number of carboxylic acid groups (broad SMARTS) is 1. The minimum Gasteiger partial charge on any atom is -0.494 e. The number of aliphatic carboxylic acids is 1. The standard InChI is InChI=1S/C21H31NO3/c1-4-6-7-12-25-19-8-9-20(17(5-2)13-19)16(3)10-11-22-14-18(15-22)21(23)24/h8-10,13,18H,4-7,11-12,14-15H2,1-3H3,(H,23,24)/b16-10+. The molecule has 0 amide bonds. The lowest BCUT2D eigenvalue weighted by Crippen LogP contribution is -2.50. The van der Waals surface area contributed by atoms with E-state index >= 15 is 0 Å². The second-order valence-corrected chi connectivity index (χ2v) is 6.87. The van der Waals surface area contributed by atoms with E-state index in [0.29, 0.717) is 13.1 Å². The molecule has 4 nitrogen and oxygen atoms in total. The molecule has 2 rings (SSSR count). The average Bonchev–Trinajstić information content (AvgIpc) is 2.56. The summed E-state index contributed by atoms with van der Waals surface area (Å²) in [5.41, 5.74) is 3.81. The summed E-state index contributed by atoms with van der Waals surface area (Å²) >= 11 is 0. The van der Waals surface area contributed by atoms with Crippen molar-refractivity contribution >= 4 is 11.5 Å². The lowest BCUT2D eigenvalue weighted by atomic mass is 9.97. The van der Waals surface area contributed by atoms with Crippen LogP contribution in [0, 0.1) is 5.92 Å². The Morgan fingerprint density at radius 1 is 1.32 bits per heavy atom. The molecule has 1 aromatic carbocycles. The van der Waals surface area contributed by atoms with E-state index in [-0.39, 0.29) is 5.92 Å². The molecule has 1 fully saturated rings. The first-order chi connectivity index (χ1) is 12.0. The van der Waals surface area contributed by atoms with Crippen LogP contribution in [0.3, 0.4) is 0 Å². The molecule has 1 aliphatic rings. The lowest BCUT2D eigenvalue weighted by Gasteiger charge is -2.35. The van der Waals surface area contributed by atoms with Crippen LogP contribution in [-0.2, 0) is 11.2 Å². The number of carbonyl (C=O) groups is 1. The van der Waals surface area contributed by atoms with Crippen LogP contribution in [0.4, 0.5) is 0 Å². The predicted octanol–water partition coefficient (Wildman–Crippen LogP) is 4.24. The average molecular weight is 345 g/mol. The summed E-state index contributed by atoms with van der Waals surface area (Å²) < 4.78 is 5.86. The molecule has 138 valence electrons. The van der Waals surface area contributed by atoms with Gasteiger partial charge in [0.25, 0.3) is 0 Å². The third-order valence-electron chi connectivity index (χ3n) is 4.86. The van der Waals surface area contributed by atoms with Gasteiger partial charge in [-0.15, -0.1) is 0 Å². The fourth-order valence-corrected chi connectivity index (χ4v) is 3.13. The highest BCUT2D eigenvalue weighted by molar-refractivity contribution is 5.72. The molecule has 0 atom stereocenters. The summed E-state index contributed by atoms with van der Waals surface area (Å²) in [6, 6.07) is 6.36. The molecule has 4 heteroatoms. The van der Waals surface area contributed by atoms with Gasteiger partial charge in [0, 0.05) is 19.6 Å². The van der Waals surface area contributed by atoms with Crippen molar-refractivity contribution in [3.63, 3.8) is 0 Å². The molecule has 1 saturated heterocycles. The Hall–Kier alpha value is -1.81. The molecule has 0 bridgehead atoms. The zero-order valence-electron chi connectivity index (χ0n) is 15.8. The van der Waals surface area contributed by atoms with E-state index in [1.165, 1.54) is 29.5 Å². The Morgan fingerprint density at radius 2 is 2.08 bits per heavy atom. The third-order valence-corrected chi connectivity index (χ3v) is 4.86. The molecular formula is C21H31NO3. The first-order valence-corrected chi connectivity index (χ1v) is 9.43. The maximum absolute atomic E-state index is 10.9. The van der Waals surface area contributed by atoms with Crippen molar-refractivity contribution in [1.82, 2.24) is 4.90 Å². The zero-order chi connectivity index (χ0) is 18.2. The van der Waals surface area contributed by atoms with Gasteiger partial charge in [0.1, 0.15) is 5.75 Å². The van der Waals surface area contributed by atoms with Crippen LogP contribution in [0.15, 0.2) is 24.3 Å². The van der Waals surface area contributed by atoms with E-state index in [1.54, 1.807) is 0 Å². The lowest BCUT2D eigenvalue weighted by molar-refractivity contribution is -0.147. The maximum atomic E-state index is 10.9. The van der Waals surface area contributed by atoms with Crippen LogP contribution in [0.2, 0.25) is 0 Å². The van der Waals surface area contributed by atoms with E-state index in [0.717, 1.165) is 31.7 Å². The molecule has 0 saturated carbocycles. The van der Waals surface area contributed by atoms with Crippen molar-refractivity contribution in [2.24, 2.45) is 5.92 Å². The summed E-state index contributed by atoms with van der Waals surface area (Å²) in [5.74, 6) is 0.0836. The molecule has 0 radical (unpaired) electrons. The van der Waals surface area contributed by atoms with E-state index in [2.05, 4.69) is 49.9 Å². The summed E-state index contributed by atoms with van der Waals surface area (Å²) in [6.45, 7) is 9.40. The Bertz CT molecular complexity index is 603. The van der Waals surface area contributed by atoms with Crippen molar-refractivity contribution < 1.29 is 14.6 Å². The van der Waals surface area contributed by atoms with Gasteiger partial charge >= 0.3 is 5.97 Å². The second kappa shape index (κ2) is 9.62. The van der Waals surface area contributed by atoms with Crippen LogP contribution in [0.1, 0.15) is 51.2 Å². The predicted molar refractivity (Wildman–Crippen MR) is 102 cm³/mol. The molecule has 0 unspecified atom stereocenters. The molecule has 1 aliphatic heterocycles. The summed E-state index contributed by atoms with van der Waals surface area (Å²) in [5, 5.41) is 8.94. The van der Waals surface area contributed by atoms with E-state index in [4.69, 9.17) is 9.84 Å². The van der Waals surface area contributed by atoms with Gasteiger partial charge in [-0.25, -0.2) is 0 Å². The normalized spacial score (nSPS) is 15.9. The summed E-state index contributed by atoms with van der Waals surface area (Å²) in [7, 11) is 0. The molecule has 1 N–H and O–H groups in total. The van der Waals surface area contributed by atoms with Crippen molar-refractivity contribution in [3.05, 3.63) is 35.4 Å². The largest absolute Gasteiger partial charge is 0.494 e. The van der Waals surface area contributed by atoms with Gasteiger partial charge in [-0.05, 0) is 48.6 Å². The van der Waals surface area contributed by atoms with Gasteiger partial charge in [0.05, 0.1) is 12.5 Å². The number of carboxylic acids is 1. The molecule has 1 heterocycles. The highest BCUT2D eigenvalue weighted by Crippen LogP contribution is 2.25. The van der Waals surface area contributed by atoms with Crippen LogP contribution in [0.5, 0.6) is 5.75 Å². The Labute approximate surface area is 151 Å². The van der Waals surface area contributed by atoms with Crippen LogP contribution >= 0.6 is 0 Å². The van der Waals surface area contributed by atoms with Crippen LogP contribution in [0.25, 0.3) is 5.57 Å². The number of ether oxygens (including phenoxy) is 1. The van der Waals surface area contributed by atoms with Crippen molar-refractivity contribution in [2.45, 2.75) is 46.5 Å². The number of hydrogen-bond acceptors (Lipinski definition) is 3. The van der Waals surface area contributed by atoms with Crippen LogP contribution < -0.4 is 4.74 Å². The maximum Gasteiger partial charge on any atom is 0.309 e. The van der Waals surface area contributed by atoms with Gasteiger partial charge < -0.3 is 9.84 Å². The number of likely N-dealkylation sites (tertiary alicyclic amines) is 1. The molecule has 1 aromatic rings. The topological polar surface area (TPSA) is 49.8 Å². The van der Waals surface area contributed by atoms with E-state index in [9.17, 15) is 4.79 Å². The van der Waals surface area contributed by atoms with Crippen molar-refractivity contribution in [3.8, 4) is 5.75 Å². The molecule has 25 heavy (non-hydrogen) atoms. The van der Waals surface area contributed by atoms with Crippen LogP contribution in [-0.4, -0.2) is 42.2 Å². The summed E-state index contributed by atoms with van der Waals surface area (Å²) in [6.07, 6.45) is 6.69. The van der Waals surface area contributed by atoms with Gasteiger partial charge in [-0.1, -0.05) is 38.8 Å². The minimum absolute atomic E-state index is 0.191. The summed E-state index contributed by atoms with van der Waals surface area (Å²) in [4.78, 5) is 13.0. The van der Waals surface area contributed by atoms with Gasteiger partial charge in [0.15, 0.2) is 0 Å². The van der Waals surface area contributed by atoms with Crippen molar-refractivity contribution in [1.29, 1.82) is 0 Å². The highest BCUT2D eigenvalue weighted by Gasteiger charge is 2.31. The van der Waals surface area contributed by atoms with Gasteiger partial charge in [-0.3, -0.25) is 9.69 Å². The number of unbranched alkanes of at least 4 members (excludes halogenated alkanes) is 2. The second-order valence-electron chi connectivity index (χ2n) is 6.87. The number of nitrogens with zero attached hydrogens (tertiary/aromatic N) is 1. The number of allylic oxidation sites excluding steroid dienone is 1. The first kappa shape index (κ1) is 19.5. The zero-order valence-corrected chi connectivity index (χ0v) is 15.8. The van der Waals surface area contributed by atoms with Crippen molar-refractivity contribution in [2.75, 3.05) is 26.2 Å².